The van der Waals surface area contributed by atoms with Crippen LogP contribution in [0.3, 0.4) is 0 Å². The molecule has 3 rings (SSSR count). The first-order chi connectivity index (χ1) is 11.8. The third kappa shape index (κ3) is 4.91. The Kier molecular flexibility index (Phi) is 5.99. The molecule has 1 saturated heterocycles. The van der Waals surface area contributed by atoms with Crippen LogP contribution in [0.15, 0.2) is 60.7 Å². The van der Waals surface area contributed by atoms with Gasteiger partial charge in [-0.05, 0) is 23.5 Å². The van der Waals surface area contributed by atoms with Crippen LogP contribution in [0.4, 0.5) is 0 Å². The molecule has 0 radical (unpaired) electrons. The molecule has 4 heteroatoms. The van der Waals surface area contributed by atoms with E-state index >= 15 is 0 Å². The zero-order valence-electron chi connectivity index (χ0n) is 13.9. The lowest BCUT2D eigenvalue weighted by molar-refractivity contribution is -0.126. The zero-order valence-corrected chi connectivity index (χ0v) is 13.9. The van der Waals surface area contributed by atoms with Gasteiger partial charge in [-0.15, -0.1) is 0 Å². The van der Waals surface area contributed by atoms with E-state index in [1.54, 1.807) is 0 Å². The molecule has 1 amide bonds. The summed E-state index contributed by atoms with van der Waals surface area (Å²) in [6.07, 6.45) is 1.38. The number of rotatable bonds is 6. The van der Waals surface area contributed by atoms with Crippen molar-refractivity contribution in [2.45, 2.75) is 18.8 Å². The molecule has 1 unspecified atom stereocenters. The van der Waals surface area contributed by atoms with Crippen molar-refractivity contribution in [3.05, 3.63) is 71.8 Å². The van der Waals surface area contributed by atoms with Crippen molar-refractivity contribution < 1.29 is 4.79 Å². The van der Waals surface area contributed by atoms with Crippen LogP contribution in [0, 0.1) is 0 Å². The van der Waals surface area contributed by atoms with Crippen molar-refractivity contribution in [1.82, 2.24) is 15.8 Å². The molecule has 2 aromatic carbocycles. The summed E-state index contributed by atoms with van der Waals surface area (Å²) >= 11 is 0. The molecule has 1 fully saturated rings. The molecule has 1 aliphatic heterocycles. The summed E-state index contributed by atoms with van der Waals surface area (Å²) in [5, 5.41) is 5.31. The van der Waals surface area contributed by atoms with Gasteiger partial charge in [0.25, 0.3) is 0 Å². The van der Waals surface area contributed by atoms with Gasteiger partial charge in [0.15, 0.2) is 0 Å². The summed E-state index contributed by atoms with van der Waals surface area (Å²) in [5.74, 6) is 0.290. The SMILES string of the molecule is O=C(CC(Cc1ccccc1)c1ccccc1)NN1CCNCC1. The molecule has 1 atom stereocenters. The number of nitrogens with zero attached hydrogens (tertiary/aromatic N) is 1. The van der Waals surface area contributed by atoms with Crippen LogP contribution in [-0.4, -0.2) is 37.1 Å². The van der Waals surface area contributed by atoms with Gasteiger partial charge in [0.2, 0.25) is 5.91 Å². The lowest BCUT2D eigenvalue weighted by Crippen LogP contribution is -2.52. The van der Waals surface area contributed by atoms with E-state index in [0.29, 0.717) is 6.42 Å². The van der Waals surface area contributed by atoms with E-state index < -0.39 is 0 Å². The van der Waals surface area contributed by atoms with Crippen molar-refractivity contribution in [2.24, 2.45) is 0 Å². The van der Waals surface area contributed by atoms with Crippen LogP contribution in [0.25, 0.3) is 0 Å². The summed E-state index contributed by atoms with van der Waals surface area (Å²) in [7, 11) is 0. The number of hydrogen-bond donors (Lipinski definition) is 2. The Morgan fingerprint density at radius 3 is 2.29 bits per heavy atom. The smallest absolute Gasteiger partial charge is 0.234 e. The van der Waals surface area contributed by atoms with Crippen molar-refractivity contribution in [1.29, 1.82) is 0 Å². The third-order valence-corrected chi connectivity index (χ3v) is 4.43. The highest BCUT2D eigenvalue weighted by Gasteiger charge is 2.19. The fourth-order valence-corrected chi connectivity index (χ4v) is 3.15. The zero-order chi connectivity index (χ0) is 16.6. The summed E-state index contributed by atoms with van der Waals surface area (Å²) < 4.78 is 0. The van der Waals surface area contributed by atoms with Crippen LogP contribution < -0.4 is 10.7 Å². The molecule has 126 valence electrons. The first-order valence-corrected chi connectivity index (χ1v) is 8.65. The summed E-state index contributed by atoms with van der Waals surface area (Å²) in [6.45, 7) is 3.57. The first kappa shape index (κ1) is 16.7. The van der Waals surface area contributed by atoms with E-state index in [1.807, 2.05) is 29.3 Å². The highest BCUT2D eigenvalue weighted by Crippen LogP contribution is 2.24. The maximum absolute atomic E-state index is 12.5. The van der Waals surface area contributed by atoms with E-state index in [4.69, 9.17) is 0 Å². The first-order valence-electron chi connectivity index (χ1n) is 8.65. The average molecular weight is 323 g/mol. The lowest BCUT2D eigenvalue weighted by atomic mass is 9.89. The van der Waals surface area contributed by atoms with E-state index in [9.17, 15) is 4.79 Å². The van der Waals surface area contributed by atoms with Crippen LogP contribution in [-0.2, 0) is 11.2 Å². The monoisotopic (exact) mass is 323 g/mol. The van der Waals surface area contributed by atoms with Gasteiger partial charge < -0.3 is 5.32 Å². The fourth-order valence-electron chi connectivity index (χ4n) is 3.15. The standard InChI is InChI=1S/C20H25N3O/c24-20(22-23-13-11-21-12-14-23)16-19(18-9-5-2-6-10-18)15-17-7-3-1-4-8-17/h1-10,19,21H,11-16H2,(H,22,24). The lowest BCUT2D eigenvalue weighted by Gasteiger charge is -2.28. The van der Waals surface area contributed by atoms with E-state index in [0.717, 1.165) is 32.6 Å². The van der Waals surface area contributed by atoms with Gasteiger partial charge in [0.1, 0.15) is 0 Å². The van der Waals surface area contributed by atoms with Crippen molar-refractivity contribution >= 4 is 5.91 Å². The van der Waals surface area contributed by atoms with Crippen molar-refractivity contribution in [3.63, 3.8) is 0 Å². The van der Waals surface area contributed by atoms with Crippen LogP contribution in [0.1, 0.15) is 23.5 Å². The number of nitrogens with one attached hydrogen (secondary N) is 2. The molecular weight excluding hydrogens is 298 g/mol. The van der Waals surface area contributed by atoms with Crippen molar-refractivity contribution in [2.75, 3.05) is 26.2 Å². The molecule has 0 aromatic heterocycles. The van der Waals surface area contributed by atoms with Crippen molar-refractivity contribution in [3.8, 4) is 0 Å². The van der Waals surface area contributed by atoms with Gasteiger partial charge in [-0.3, -0.25) is 10.2 Å². The Morgan fingerprint density at radius 2 is 1.62 bits per heavy atom. The molecule has 4 nitrogen and oxygen atoms in total. The molecule has 2 N–H and O–H groups in total. The minimum Gasteiger partial charge on any atom is -0.314 e. The number of hydrazine groups is 1. The second-order valence-corrected chi connectivity index (χ2v) is 6.27. The summed E-state index contributed by atoms with van der Waals surface area (Å²) in [5.41, 5.74) is 5.54. The Labute approximate surface area is 143 Å². The molecular formula is C20H25N3O. The average Bonchev–Trinajstić information content (AvgIpc) is 2.63. The van der Waals surface area contributed by atoms with Gasteiger partial charge in [-0.2, -0.15) is 0 Å². The molecule has 1 aliphatic rings. The number of carbonyl (C=O) groups excluding carboxylic acids is 1. The predicted molar refractivity (Wildman–Crippen MR) is 96.5 cm³/mol. The largest absolute Gasteiger partial charge is 0.314 e. The van der Waals surface area contributed by atoms with Gasteiger partial charge in [0, 0.05) is 32.6 Å². The van der Waals surface area contributed by atoms with Crippen LogP contribution in [0.5, 0.6) is 0 Å². The molecule has 0 bridgehead atoms. The number of carbonyl (C=O) groups is 1. The molecule has 0 aliphatic carbocycles. The fraction of sp³-hybridized carbons (Fsp3) is 0.350. The quantitative estimate of drug-likeness (QED) is 0.858. The highest BCUT2D eigenvalue weighted by atomic mass is 16.2. The summed E-state index contributed by atoms with van der Waals surface area (Å²) in [6, 6.07) is 20.7. The maximum Gasteiger partial charge on any atom is 0.234 e. The molecule has 0 spiro atoms. The van der Waals surface area contributed by atoms with Gasteiger partial charge in [-0.25, -0.2) is 5.01 Å². The van der Waals surface area contributed by atoms with Crippen LogP contribution >= 0.6 is 0 Å². The second kappa shape index (κ2) is 8.62. The minimum atomic E-state index is 0.0988. The predicted octanol–water partition coefficient (Wildman–Crippen LogP) is 2.34. The van der Waals surface area contributed by atoms with Crippen LogP contribution in [0.2, 0.25) is 0 Å². The van der Waals surface area contributed by atoms with E-state index in [1.165, 1.54) is 11.1 Å². The van der Waals surface area contributed by atoms with Gasteiger partial charge in [0.05, 0.1) is 0 Å². The third-order valence-electron chi connectivity index (χ3n) is 4.43. The number of benzene rings is 2. The van der Waals surface area contributed by atoms with Gasteiger partial charge >= 0.3 is 0 Å². The van der Waals surface area contributed by atoms with Gasteiger partial charge in [-0.1, -0.05) is 60.7 Å². The molecule has 1 heterocycles. The summed E-state index contributed by atoms with van der Waals surface area (Å²) in [4.78, 5) is 12.5. The molecule has 24 heavy (non-hydrogen) atoms. The normalized spacial score (nSPS) is 16.5. The topological polar surface area (TPSA) is 44.4 Å². The number of piperazine rings is 1. The highest BCUT2D eigenvalue weighted by molar-refractivity contribution is 5.76. The van der Waals surface area contributed by atoms with E-state index in [-0.39, 0.29) is 11.8 Å². The Bertz CT molecular complexity index is 624. The van der Waals surface area contributed by atoms with E-state index in [2.05, 4.69) is 47.1 Å². The molecule has 0 saturated carbocycles. The minimum absolute atomic E-state index is 0.0988. The second-order valence-electron chi connectivity index (χ2n) is 6.27. The molecule has 2 aromatic rings. The Hall–Kier alpha value is -2.17. The Balaban J connectivity index is 1.66. The Morgan fingerprint density at radius 1 is 1.00 bits per heavy atom. The number of hydrogen-bond acceptors (Lipinski definition) is 3. The maximum atomic E-state index is 12.5. The number of amides is 1.